The number of halogens is 3. The molecule has 0 saturated carbocycles. The van der Waals surface area contributed by atoms with Crippen LogP contribution in [0.2, 0.25) is 0 Å². The second-order valence-electron chi connectivity index (χ2n) is 3.53. The minimum absolute atomic E-state index is 0.199. The summed E-state index contributed by atoms with van der Waals surface area (Å²) in [7, 11) is 0. The number of carbonyl (C=O) groups is 1. The van der Waals surface area contributed by atoms with Gasteiger partial charge in [0.2, 0.25) is 0 Å². The van der Waals surface area contributed by atoms with Crippen LogP contribution >= 0.6 is 0 Å². The molecule has 0 aromatic heterocycles. The summed E-state index contributed by atoms with van der Waals surface area (Å²) in [6, 6.07) is 0. The molecule has 0 aromatic carbocycles. The van der Waals surface area contributed by atoms with Crippen molar-refractivity contribution in [2.75, 3.05) is 6.54 Å². The maximum Gasteiger partial charge on any atom is 0.389 e. The third kappa shape index (κ3) is 8.04. The molecule has 1 atom stereocenters. The highest BCUT2D eigenvalue weighted by atomic mass is 19.4. The SMILES string of the molecule is CC(CN)CCC(=O)CCC(F)(F)F. The first-order chi connectivity index (χ1) is 6.35. The van der Waals surface area contributed by atoms with E-state index in [9.17, 15) is 18.0 Å². The Balaban J connectivity index is 3.57. The van der Waals surface area contributed by atoms with Gasteiger partial charge in [-0.2, -0.15) is 13.2 Å². The van der Waals surface area contributed by atoms with Crippen molar-refractivity contribution in [2.45, 2.75) is 38.8 Å². The molecule has 0 bridgehead atoms. The molecule has 0 aliphatic rings. The van der Waals surface area contributed by atoms with Crippen molar-refractivity contribution in [2.24, 2.45) is 11.7 Å². The summed E-state index contributed by atoms with van der Waals surface area (Å²) in [6.45, 7) is 2.34. The fourth-order valence-electron chi connectivity index (χ4n) is 0.931. The Morgan fingerprint density at radius 2 is 1.93 bits per heavy atom. The van der Waals surface area contributed by atoms with E-state index < -0.39 is 19.0 Å². The van der Waals surface area contributed by atoms with E-state index in [1.54, 1.807) is 0 Å². The topological polar surface area (TPSA) is 43.1 Å². The molecule has 5 heteroatoms. The van der Waals surface area contributed by atoms with Gasteiger partial charge < -0.3 is 5.73 Å². The molecule has 0 heterocycles. The lowest BCUT2D eigenvalue weighted by molar-refractivity contribution is -0.143. The molecule has 0 amide bonds. The molecule has 0 aliphatic heterocycles. The molecule has 0 radical (unpaired) electrons. The number of Topliss-reactive ketones (excluding diaryl/α,β-unsaturated/α-hetero) is 1. The first-order valence-corrected chi connectivity index (χ1v) is 4.63. The van der Waals surface area contributed by atoms with E-state index in [0.29, 0.717) is 13.0 Å². The zero-order chi connectivity index (χ0) is 11.2. The first-order valence-electron chi connectivity index (χ1n) is 4.63. The molecule has 0 aromatic rings. The zero-order valence-electron chi connectivity index (χ0n) is 8.23. The van der Waals surface area contributed by atoms with Crippen molar-refractivity contribution in [1.82, 2.24) is 0 Å². The number of rotatable bonds is 6. The van der Waals surface area contributed by atoms with Crippen LogP contribution in [-0.2, 0) is 4.79 Å². The Labute approximate surface area is 81.7 Å². The van der Waals surface area contributed by atoms with Crippen LogP contribution in [0.1, 0.15) is 32.6 Å². The summed E-state index contributed by atoms with van der Waals surface area (Å²) in [5.74, 6) is -0.132. The summed E-state index contributed by atoms with van der Waals surface area (Å²) in [4.78, 5) is 11.0. The van der Waals surface area contributed by atoms with Crippen molar-refractivity contribution in [1.29, 1.82) is 0 Å². The number of alkyl halides is 3. The van der Waals surface area contributed by atoms with Crippen LogP contribution in [0.3, 0.4) is 0 Å². The maximum absolute atomic E-state index is 11.7. The second kappa shape index (κ2) is 6.01. The molecule has 14 heavy (non-hydrogen) atoms. The average molecular weight is 211 g/mol. The Morgan fingerprint density at radius 1 is 1.36 bits per heavy atom. The van der Waals surface area contributed by atoms with Gasteiger partial charge >= 0.3 is 6.18 Å². The number of hydrogen-bond donors (Lipinski definition) is 1. The van der Waals surface area contributed by atoms with Crippen molar-refractivity contribution >= 4 is 5.78 Å². The quantitative estimate of drug-likeness (QED) is 0.732. The van der Waals surface area contributed by atoms with Gasteiger partial charge in [0.25, 0.3) is 0 Å². The van der Waals surface area contributed by atoms with Gasteiger partial charge in [0.15, 0.2) is 0 Å². The van der Waals surface area contributed by atoms with Gasteiger partial charge in [0.05, 0.1) is 6.42 Å². The molecule has 0 rings (SSSR count). The Hall–Kier alpha value is -0.580. The average Bonchev–Trinajstić information content (AvgIpc) is 2.09. The molecular formula is C9H16F3NO. The number of nitrogens with two attached hydrogens (primary N) is 1. The summed E-state index contributed by atoms with van der Waals surface area (Å²) < 4.78 is 35.1. The van der Waals surface area contributed by atoms with Crippen LogP contribution in [0.15, 0.2) is 0 Å². The van der Waals surface area contributed by atoms with Gasteiger partial charge in [-0.05, 0) is 18.9 Å². The summed E-state index contributed by atoms with van der Waals surface area (Å²) in [6.07, 6.45) is -4.86. The Kier molecular flexibility index (Phi) is 5.76. The minimum atomic E-state index is -4.23. The molecule has 1 unspecified atom stereocenters. The maximum atomic E-state index is 11.7. The van der Waals surface area contributed by atoms with Crippen LogP contribution in [0.4, 0.5) is 13.2 Å². The van der Waals surface area contributed by atoms with Crippen LogP contribution < -0.4 is 5.73 Å². The fraction of sp³-hybridized carbons (Fsp3) is 0.889. The Morgan fingerprint density at radius 3 is 2.36 bits per heavy atom. The van der Waals surface area contributed by atoms with E-state index in [-0.39, 0.29) is 18.1 Å². The summed E-state index contributed by atoms with van der Waals surface area (Å²) in [5.41, 5.74) is 5.31. The van der Waals surface area contributed by atoms with Gasteiger partial charge in [0, 0.05) is 12.8 Å². The van der Waals surface area contributed by atoms with Crippen molar-refractivity contribution in [3.63, 3.8) is 0 Å². The van der Waals surface area contributed by atoms with Crippen LogP contribution in [0.25, 0.3) is 0 Å². The fourth-order valence-corrected chi connectivity index (χ4v) is 0.931. The highest BCUT2D eigenvalue weighted by Gasteiger charge is 2.27. The lowest BCUT2D eigenvalue weighted by atomic mass is 10.0. The molecule has 0 spiro atoms. The smallest absolute Gasteiger partial charge is 0.330 e. The highest BCUT2D eigenvalue weighted by Crippen LogP contribution is 2.22. The number of carbonyl (C=O) groups excluding carboxylic acids is 1. The second-order valence-corrected chi connectivity index (χ2v) is 3.53. The zero-order valence-corrected chi connectivity index (χ0v) is 8.23. The molecule has 0 saturated heterocycles. The summed E-state index contributed by atoms with van der Waals surface area (Å²) >= 11 is 0. The predicted octanol–water partition coefficient (Wildman–Crippen LogP) is 2.27. The van der Waals surface area contributed by atoms with Crippen LogP contribution in [-0.4, -0.2) is 18.5 Å². The largest absolute Gasteiger partial charge is 0.389 e. The van der Waals surface area contributed by atoms with E-state index >= 15 is 0 Å². The van der Waals surface area contributed by atoms with Crippen LogP contribution in [0, 0.1) is 5.92 Å². The predicted molar refractivity (Wildman–Crippen MR) is 47.7 cm³/mol. The van der Waals surface area contributed by atoms with E-state index in [2.05, 4.69) is 0 Å². The van der Waals surface area contributed by atoms with E-state index in [1.807, 2.05) is 6.92 Å². The highest BCUT2D eigenvalue weighted by molar-refractivity contribution is 5.78. The van der Waals surface area contributed by atoms with Crippen LogP contribution in [0.5, 0.6) is 0 Å². The molecule has 0 aliphatic carbocycles. The first kappa shape index (κ1) is 13.4. The van der Waals surface area contributed by atoms with Gasteiger partial charge in [0.1, 0.15) is 5.78 Å². The monoisotopic (exact) mass is 211 g/mol. The van der Waals surface area contributed by atoms with Gasteiger partial charge in [-0.3, -0.25) is 4.79 Å². The third-order valence-corrected chi connectivity index (χ3v) is 2.01. The molecular weight excluding hydrogens is 195 g/mol. The Bertz CT molecular complexity index is 179. The lowest BCUT2D eigenvalue weighted by Crippen LogP contribution is -2.14. The summed E-state index contributed by atoms with van der Waals surface area (Å²) in [5, 5.41) is 0. The third-order valence-electron chi connectivity index (χ3n) is 2.01. The van der Waals surface area contributed by atoms with E-state index in [4.69, 9.17) is 5.73 Å². The molecule has 0 fully saturated rings. The van der Waals surface area contributed by atoms with E-state index in [1.165, 1.54) is 0 Å². The molecule has 84 valence electrons. The van der Waals surface area contributed by atoms with Gasteiger partial charge in [-0.15, -0.1) is 0 Å². The molecule has 2 nitrogen and oxygen atoms in total. The van der Waals surface area contributed by atoms with Crippen molar-refractivity contribution in [3.8, 4) is 0 Å². The van der Waals surface area contributed by atoms with E-state index in [0.717, 1.165) is 0 Å². The van der Waals surface area contributed by atoms with Crippen molar-refractivity contribution < 1.29 is 18.0 Å². The van der Waals surface area contributed by atoms with Gasteiger partial charge in [-0.1, -0.05) is 6.92 Å². The van der Waals surface area contributed by atoms with Gasteiger partial charge in [-0.25, -0.2) is 0 Å². The minimum Gasteiger partial charge on any atom is -0.330 e. The standard InChI is InChI=1S/C9H16F3NO/c1-7(6-13)2-3-8(14)4-5-9(10,11)12/h7H,2-6,13H2,1H3. The number of ketones is 1. The molecule has 2 N–H and O–H groups in total. The lowest BCUT2D eigenvalue weighted by Gasteiger charge is -2.08. The number of hydrogen-bond acceptors (Lipinski definition) is 2. The van der Waals surface area contributed by atoms with Crippen molar-refractivity contribution in [3.05, 3.63) is 0 Å². The normalized spacial score (nSPS) is 14.1.